The fourth-order valence-corrected chi connectivity index (χ4v) is 5.11. The van der Waals surface area contributed by atoms with Crippen LogP contribution in [0.25, 0.3) is 0 Å². The van der Waals surface area contributed by atoms with Gasteiger partial charge in [0, 0.05) is 37.6 Å². The molecule has 0 unspecified atom stereocenters. The van der Waals surface area contributed by atoms with E-state index in [0.717, 1.165) is 49.2 Å². The van der Waals surface area contributed by atoms with Crippen molar-refractivity contribution >= 4 is 33.0 Å². The van der Waals surface area contributed by atoms with Crippen LogP contribution in [0.4, 0.5) is 17.1 Å². The van der Waals surface area contributed by atoms with E-state index < -0.39 is 16.1 Å². The van der Waals surface area contributed by atoms with Crippen LogP contribution in [-0.4, -0.2) is 64.7 Å². The summed E-state index contributed by atoms with van der Waals surface area (Å²) in [7, 11) is -1.53. The summed E-state index contributed by atoms with van der Waals surface area (Å²) in [5, 5.41) is 2.86. The zero-order valence-corrected chi connectivity index (χ0v) is 19.7. The van der Waals surface area contributed by atoms with E-state index in [0.29, 0.717) is 11.4 Å². The van der Waals surface area contributed by atoms with Crippen LogP contribution in [0.15, 0.2) is 42.5 Å². The SMILES string of the molecule is Cc1cc(C)cc(N([C@@H](C)C(=O)Nc2ccc(N3CCN(C)CC3)cc2)S(C)(=O)=O)c1. The Morgan fingerprint density at radius 3 is 2.06 bits per heavy atom. The lowest BCUT2D eigenvalue weighted by Crippen LogP contribution is -2.45. The number of sulfonamides is 1. The van der Waals surface area contributed by atoms with Crippen molar-refractivity contribution in [1.29, 1.82) is 0 Å². The molecular weight excluding hydrogens is 412 g/mol. The summed E-state index contributed by atoms with van der Waals surface area (Å²) in [6.45, 7) is 9.41. The monoisotopic (exact) mass is 444 g/mol. The molecule has 1 N–H and O–H groups in total. The molecule has 8 heteroatoms. The van der Waals surface area contributed by atoms with E-state index in [1.807, 2.05) is 44.2 Å². The van der Waals surface area contributed by atoms with Crippen LogP contribution < -0.4 is 14.5 Å². The number of nitrogens with one attached hydrogen (secondary N) is 1. The number of amides is 1. The van der Waals surface area contributed by atoms with E-state index >= 15 is 0 Å². The van der Waals surface area contributed by atoms with Gasteiger partial charge in [-0.15, -0.1) is 0 Å². The Morgan fingerprint density at radius 2 is 1.55 bits per heavy atom. The van der Waals surface area contributed by atoms with Gasteiger partial charge >= 0.3 is 0 Å². The van der Waals surface area contributed by atoms with Gasteiger partial charge in [-0.05, 0) is 75.3 Å². The van der Waals surface area contributed by atoms with Crippen molar-refractivity contribution in [1.82, 2.24) is 4.90 Å². The molecule has 3 rings (SSSR count). The number of piperazine rings is 1. The van der Waals surface area contributed by atoms with Gasteiger partial charge in [-0.1, -0.05) is 6.07 Å². The predicted molar refractivity (Wildman–Crippen MR) is 127 cm³/mol. The minimum absolute atomic E-state index is 0.378. The Balaban J connectivity index is 1.74. The zero-order chi connectivity index (χ0) is 22.8. The average Bonchev–Trinajstić information content (AvgIpc) is 2.67. The van der Waals surface area contributed by atoms with Crippen LogP contribution in [-0.2, 0) is 14.8 Å². The molecule has 31 heavy (non-hydrogen) atoms. The van der Waals surface area contributed by atoms with Gasteiger partial charge in [-0.3, -0.25) is 9.10 Å². The molecule has 168 valence electrons. The highest BCUT2D eigenvalue weighted by Crippen LogP contribution is 2.25. The number of likely N-dealkylation sites (N-methyl/N-ethyl adjacent to an activating group) is 1. The van der Waals surface area contributed by atoms with Gasteiger partial charge in [0.05, 0.1) is 11.9 Å². The summed E-state index contributed by atoms with van der Waals surface area (Å²) in [5.74, 6) is -0.378. The van der Waals surface area contributed by atoms with Crippen LogP contribution >= 0.6 is 0 Å². The fourth-order valence-electron chi connectivity index (χ4n) is 3.95. The average molecular weight is 445 g/mol. The number of carbonyl (C=O) groups is 1. The molecule has 0 saturated carbocycles. The number of rotatable bonds is 6. The lowest BCUT2D eigenvalue weighted by molar-refractivity contribution is -0.116. The lowest BCUT2D eigenvalue weighted by Gasteiger charge is -2.34. The van der Waals surface area contributed by atoms with Gasteiger partial charge in [-0.2, -0.15) is 0 Å². The Hall–Kier alpha value is -2.58. The third-order valence-corrected chi connectivity index (χ3v) is 6.79. The Kier molecular flexibility index (Phi) is 6.91. The van der Waals surface area contributed by atoms with E-state index in [1.165, 1.54) is 4.31 Å². The second-order valence-electron chi connectivity index (χ2n) is 8.41. The van der Waals surface area contributed by atoms with Crippen LogP contribution in [0.5, 0.6) is 0 Å². The number of carbonyl (C=O) groups excluding carboxylic acids is 1. The van der Waals surface area contributed by atoms with Crippen molar-refractivity contribution in [2.24, 2.45) is 0 Å². The highest BCUT2D eigenvalue weighted by molar-refractivity contribution is 7.92. The van der Waals surface area contributed by atoms with E-state index in [2.05, 4.69) is 22.2 Å². The normalized spacial score (nSPS) is 16.1. The largest absolute Gasteiger partial charge is 0.369 e. The molecule has 1 aliphatic heterocycles. The highest BCUT2D eigenvalue weighted by Gasteiger charge is 2.29. The molecule has 1 aliphatic rings. The van der Waals surface area contributed by atoms with Crippen LogP contribution in [0, 0.1) is 13.8 Å². The summed E-state index contributed by atoms with van der Waals surface area (Å²) >= 11 is 0. The van der Waals surface area contributed by atoms with Gasteiger partial charge in [0.15, 0.2) is 0 Å². The molecule has 2 aromatic carbocycles. The first kappa shape index (κ1) is 23.1. The summed E-state index contributed by atoms with van der Waals surface area (Å²) in [6, 6.07) is 12.3. The third-order valence-electron chi connectivity index (χ3n) is 5.55. The van der Waals surface area contributed by atoms with Gasteiger partial charge in [0.25, 0.3) is 0 Å². The maximum Gasteiger partial charge on any atom is 0.247 e. The minimum Gasteiger partial charge on any atom is -0.369 e. The first-order valence-corrected chi connectivity index (χ1v) is 12.3. The number of aryl methyl sites for hydroxylation is 2. The van der Waals surface area contributed by atoms with Crippen LogP contribution in [0.3, 0.4) is 0 Å². The van der Waals surface area contributed by atoms with E-state index in [-0.39, 0.29) is 5.91 Å². The highest BCUT2D eigenvalue weighted by atomic mass is 32.2. The lowest BCUT2D eigenvalue weighted by atomic mass is 10.1. The molecule has 0 spiro atoms. The molecule has 0 aromatic heterocycles. The molecule has 2 aromatic rings. The molecule has 1 amide bonds. The van der Waals surface area contributed by atoms with Crippen molar-refractivity contribution in [2.75, 3.05) is 54.0 Å². The number of nitrogens with zero attached hydrogens (tertiary/aromatic N) is 3. The summed E-state index contributed by atoms with van der Waals surface area (Å²) in [6.07, 6.45) is 1.12. The second kappa shape index (κ2) is 9.28. The Morgan fingerprint density at radius 1 is 1.00 bits per heavy atom. The molecule has 1 saturated heterocycles. The first-order valence-electron chi connectivity index (χ1n) is 10.5. The summed E-state index contributed by atoms with van der Waals surface area (Å²) < 4.78 is 26.2. The van der Waals surface area contributed by atoms with Crippen molar-refractivity contribution < 1.29 is 13.2 Å². The van der Waals surface area contributed by atoms with E-state index in [9.17, 15) is 13.2 Å². The summed E-state index contributed by atoms with van der Waals surface area (Å²) in [4.78, 5) is 17.6. The fraction of sp³-hybridized carbons (Fsp3) is 0.435. The van der Waals surface area contributed by atoms with Crippen LogP contribution in [0.2, 0.25) is 0 Å². The second-order valence-corrected chi connectivity index (χ2v) is 10.3. The Bertz CT molecular complexity index is 1010. The first-order chi connectivity index (χ1) is 14.5. The molecular formula is C23H32N4O3S. The van der Waals surface area contributed by atoms with Crippen molar-refractivity contribution in [3.63, 3.8) is 0 Å². The number of hydrogen-bond donors (Lipinski definition) is 1. The molecule has 0 bridgehead atoms. The van der Waals surface area contributed by atoms with E-state index in [4.69, 9.17) is 0 Å². The molecule has 7 nitrogen and oxygen atoms in total. The number of anilines is 3. The number of hydrogen-bond acceptors (Lipinski definition) is 5. The topological polar surface area (TPSA) is 73.0 Å². The molecule has 1 atom stereocenters. The van der Waals surface area contributed by atoms with E-state index in [1.54, 1.807) is 19.1 Å². The van der Waals surface area contributed by atoms with Crippen LogP contribution in [0.1, 0.15) is 18.1 Å². The van der Waals surface area contributed by atoms with Gasteiger partial charge in [-0.25, -0.2) is 8.42 Å². The molecule has 0 aliphatic carbocycles. The standard InChI is InChI=1S/C23H32N4O3S/c1-17-14-18(2)16-22(15-17)27(31(5,29)30)19(3)23(28)24-20-6-8-21(9-7-20)26-12-10-25(4)11-13-26/h6-9,14-16,19H,10-13H2,1-5H3,(H,24,28)/t19-/m0/s1. The predicted octanol–water partition coefficient (Wildman–Crippen LogP) is 2.85. The maximum absolute atomic E-state index is 12.9. The zero-order valence-electron chi connectivity index (χ0n) is 18.9. The van der Waals surface area contributed by atoms with Gasteiger partial charge in [0.2, 0.25) is 15.9 Å². The van der Waals surface area contributed by atoms with Gasteiger partial charge < -0.3 is 15.1 Å². The van der Waals surface area contributed by atoms with Crippen molar-refractivity contribution in [3.05, 3.63) is 53.6 Å². The minimum atomic E-state index is -3.65. The smallest absolute Gasteiger partial charge is 0.247 e. The maximum atomic E-state index is 12.9. The summed E-state index contributed by atoms with van der Waals surface area (Å²) in [5.41, 5.74) is 4.13. The van der Waals surface area contributed by atoms with Crippen molar-refractivity contribution in [2.45, 2.75) is 26.8 Å². The molecule has 0 radical (unpaired) electrons. The molecule has 1 fully saturated rings. The number of benzene rings is 2. The third kappa shape index (κ3) is 5.77. The van der Waals surface area contributed by atoms with Crippen molar-refractivity contribution in [3.8, 4) is 0 Å². The quantitative estimate of drug-likeness (QED) is 0.742. The molecule has 1 heterocycles. The van der Waals surface area contributed by atoms with Gasteiger partial charge in [0.1, 0.15) is 6.04 Å². The Labute approximate surface area is 185 Å².